The number of aromatic hydroxyl groups is 1. The molecule has 3 N–H and O–H groups in total. The van der Waals surface area contributed by atoms with Crippen molar-refractivity contribution in [3.05, 3.63) is 82.9 Å². The second-order valence-corrected chi connectivity index (χ2v) is 9.89. The number of azo groups is 1. The van der Waals surface area contributed by atoms with Gasteiger partial charge in [-0.2, -0.15) is 8.42 Å². The van der Waals surface area contributed by atoms with Crippen LogP contribution in [0.1, 0.15) is 29.8 Å². The van der Waals surface area contributed by atoms with E-state index in [-0.39, 0.29) is 33.9 Å². The number of nitrogens with one attached hydrogen (secondary N) is 1. The predicted molar refractivity (Wildman–Crippen MR) is 146 cm³/mol. The van der Waals surface area contributed by atoms with Crippen LogP contribution in [0.15, 0.2) is 81.9 Å². The van der Waals surface area contributed by atoms with Crippen molar-refractivity contribution in [3.63, 3.8) is 0 Å². The molecule has 4 aromatic carbocycles. The van der Waals surface area contributed by atoms with E-state index in [1.165, 1.54) is 18.2 Å². The first-order valence-electron chi connectivity index (χ1n) is 11.6. The molecule has 196 valence electrons. The van der Waals surface area contributed by atoms with Crippen LogP contribution in [0, 0.1) is 0 Å². The van der Waals surface area contributed by atoms with Crippen LogP contribution >= 0.6 is 11.6 Å². The van der Waals surface area contributed by atoms with E-state index in [1.807, 2.05) is 6.92 Å². The van der Waals surface area contributed by atoms with E-state index >= 15 is 0 Å². The van der Waals surface area contributed by atoms with Crippen LogP contribution in [0.2, 0.25) is 5.02 Å². The molecule has 0 saturated heterocycles. The van der Waals surface area contributed by atoms with E-state index in [2.05, 4.69) is 15.5 Å². The van der Waals surface area contributed by atoms with Crippen LogP contribution in [-0.4, -0.2) is 30.6 Å². The largest absolute Gasteiger partial charge is 0.505 e. The zero-order chi connectivity index (χ0) is 27.4. The van der Waals surface area contributed by atoms with Crippen molar-refractivity contribution >= 4 is 55.5 Å². The minimum absolute atomic E-state index is 0.0550. The number of benzene rings is 4. The first-order chi connectivity index (χ1) is 18.2. The summed E-state index contributed by atoms with van der Waals surface area (Å²) in [5.41, 5.74) is 0.296. The number of amides is 1. The number of hydrogen-bond donors (Lipinski definition) is 3. The quantitative estimate of drug-likeness (QED) is 0.157. The van der Waals surface area contributed by atoms with Crippen molar-refractivity contribution in [2.24, 2.45) is 10.2 Å². The van der Waals surface area contributed by atoms with Gasteiger partial charge in [-0.3, -0.25) is 9.35 Å². The van der Waals surface area contributed by atoms with Crippen molar-refractivity contribution in [2.75, 3.05) is 11.9 Å². The van der Waals surface area contributed by atoms with Gasteiger partial charge in [-0.25, -0.2) is 0 Å². The van der Waals surface area contributed by atoms with Crippen molar-refractivity contribution in [2.45, 2.75) is 25.2 Å². The summed E-state index contributed by atoms with van der Waals surface area (Å²) in [7, 11) is -4.70. The first-order valence-corrected chi connectivity index (χ1v) is 13.5. The van der Waals surface area contributed by atoms with Gasteiger partial charge in [-0.1, -0.05) is 54.9 Å². The van der Waals surface area contributed by atoms with Crippen LogP contribution in [0.25, 0.3) is 10.8 Å². The summed E-state index contributed by atoms with van der Waals surface area (Å²) in [6.07, 6.45) is 0.213. The fraction of sp³-hybridized carbons (Fsp3) is 0.148. The lowest BCUT2D eigenvalue weighted by Gasteiger charge is -2.14. The molecule has 4 rings (SSSR count). The molecule has 0 aromatic heterocycles. The second-order valence-electron chi connectivity index (χ2n) is 8.13. The molecule has 0 aliphatic carbocycles. The Hall–Kier alpha value is -3.99. The number of para-hydroxylation sites is 2. The van der Waals surface area contributed by atoms with Gasteiger partial charge in [0, 0.05) is 10.4 Å². The molecule has 0 aliphatic rings. The fourth-order valence-electron chi connectivity index (χ4n) is 4.02. The smallest absolute Gasteiger partial charge is 0.297 e. The van der Waals surface area contributed by atoms with Gasteiger partial charge in [0.1, 0.15) is 22.0 Å². The Morgan fingerprint density at radius 1 is 1.03 bits per heavy atom. The summed E-state index contributed by atoms with van der Waals surface area (Å²) in [6.45, 7) is 3.90. The average Bonchev–Trinajstić information content (AvgIpc) is 2.88. The number of hydrogen-bond acceptors (Lipinski definition) is 7. The molecule has 0 unspecified atom stereocenters. The number of rotatable bonds is 8. The Morgan fingerprint density at radius 2 is 1.74 bits per heavy atom. The fourth-order valence-corrected chi connectivity index (χ4v) is 5.31. The summed E-state index contributed by atoms with van der Waals surface area (Å²) in [5, 5.41) is 23.3. The molecular formula is C27H24ClN3O6S. The Kier molecular flexibility index (Phi) is 7.96. The molecule has 0 aliphatic heterocycles. The number of fused-ring (bicyclic) bond motifs is 1. The van der Waals surface area contributed by atoms with Crippen LogP contribution in [0.4, 0.5) is 17.1 Å². The van der Waals surface area contributed by atoms with Crippen LogP contribution in [0.5, 0.6) is 11.5 Å². The van der Waals surface area contributed by atoms with E-state index < -0.39 is 26.7 Å². The van der Waals surface area contributed by atoms with Gasteiger partial charge in [-0.15, -0.1) is 10.2 Å². The van der Waals surface area contributed by atoms with Gasteiger partial charge in [0.05, 0.1) is 17.9 Å². The Labute approximate surface area is 224 Å². The lowest BCUT2D eigenvalue weighted by atomic mass is 10.0. The molecular weight excluding hydrogens is 530 g/mol. The number of halogens is 1. The third-order valence-electron chi connectivity index (χ3n) is 5.73. The Bertz CT molecular complexity index is 1670. The maximum atomic E-state index is 13.2. The Morgan fingerprint density at radius 3 is 2.45 bits per heavy atom. The van der Waals surface area contributed by atoms with Crippen LogP contribution in [0.3, 0.4) is 0 Å². The topological polar surface area (TPSA) is 138 Å². The number of phenols is 1. The van der Waals surface area contributed by atoms with Crippen LogP contribution in [-0.2, 0) is 16.5 Å². The summed E-state index contributed by atoms with van der Waals surface area (Å²) < 4.78 is 39.7. The molecule has 11 heteroatoms. The Balaban J connectivity index is 1.84. The minimum atomic E-state index is -4.70. The van der Waals surface area contributed by atoms with Gasteiger partial charge >= 0.3 is 0 Å². The average molecular weight is 554 g/mol. The number of carbonyl (C=O) groups excluding carboxylic acids is 1. The van der Waals surface area contributed by atoms with Crippen molar-refractivity contribution < 1.29 is 27.6 Å². The minimum Gasteiger partial charge on any atom is -0.505 e. The van der Waals surface area contributed by atoms with Crippen molar-refractivity contribution in [1.29, 1.82) is 0 Å². The van der Waals surface area contributed by atoms with Gasteiger partial charge < -0.3 is 15.2 Å². The van der Waals surface area contributed by atoms with Crippen molar-refractivity contribution in [3.8, 4) is 11.5 Å². The monoisotopic (exact) mass is 553 g/mol. The normalized spacial score (nSPS) is 11.7. The summed E-state index contributed by atoms with van der Waals surface area (Å²) in [6, 6.07) is 18.1. The molecule has 0 bridgehead atoms. The highest BCUT2D eigenvalue weighted by atomic mass is 35.5. The zero-order valence-corrected chi connectivity index (χ0v) is 22.0. The molecule has 1 amide bonds. The molecule has 9 nitrogen and oxygen atoms in total. The lowest BCUT2D eigenvalue weighted by Crippen LogP contribution is -2.13. The number of carbonyl (C=O) groups is 1. The van der Waals surface area contributed by atoms with Gasteiger partial charge in [0.15, 0.2) is 5.75 Å². The molecule has 0 atom stereocenters. The highest BCUT2D eigenvalue weighted by molar-refractivity contribution is 7.86. The molecule has 0 spiro atoms. The molecule has 0 heterocycles. The van der Waals surface area contributed by atoms with E-state index in [4.69, 9.17) is 16.3 Å². The maximum Gasteiger partial charge on any atom is 0.297 e. The van der Waals surface area contributed by atoms with E-state index in [9.17, 15) is 22.9 Å². The highest BCUT2D eigenvalue weighted by Crippen LogP contribution is 2.41. The van der Waals surface area contributed by atoms with Gasteiger partial charge in [0.2, 0.25) is 0 Å². The summed E-state index contributed by atoms with van der Waals surface area (Å²) in [4.78, 5) is 12.8. The van der Waals surface area contributed by atoms with Crippen molar-refractivity contribution in [1.82, 2.24) is 0 Å². The predicted octanol–water partition coefficient (Wildman–Crippen LogP) is 7.07. The van der Waals surface area contributed by atoms with E-state index in [0.717, 1.165) is 0 Å². The zero-order valence-electron chi connectivity index (χ0n) is 20.5. The van der Waals surface area contributed by atoms with Crippen LogP contribution < -0.4 is 10.1 Å². The molecule has 0 saturated carbocycles. The standard InChI is InChI=1S/C27H24ClN3O6S/c1-3-17-20(28)13-14-22(26(17)38(34,35)36)30-31-24-18-10-6-5-9-16(18)15-19(25(24)32)27(33)29-21-11-7-8-12-23(21)37-4-2/h5-15,32H,3-4H2,1-2H3,(H,29,33)(H,34,35,36). The summed E-state index contributed by atoms with van der Waals surface area (Å²) in [5.74, 6) is -0.608. The van der Waals surface area contributed by atoms with E-state index in [0.29, 0.717) is 28.8 Å². The SMILES string of the molecule is CCOc1ccccc1NC(=O)c1cc2ccccc2c(N=Nc2ccc(Cl)c(CC)c2S(=O)(=O)O)c1O. The molecule has 38 heavy (non-hydrogen) atoms. The lowest BCUT2D eigenvalue weighted by molar-refractivity contribution is 0.102. The molecule has 0 radical (unpaired) electrons. The first kappa shape index (κ1) is 27.1. The third-order valence-corrected chi connectivity index (χ3v) is 7.05. The number of nitrogens with zero attached hydrogens (tertiary/aromatic N) is 2. The molecule has 0 fully saturated rings. The number of anilines is 1. The highest BCUT2D eigenvalue weighted by Gasteiger charge is 2.23. The van der Waals surface area contributed by atoms with Gasteiger partial charge in [-0.05, 0) is 54.6 Å². The summed E-state index contributed by atoms with van der Waals surface area (Å²) >= 11 is 6.14. The number of ether oxygens (including phenoxy) is 1. The second kappa shape index (κ2) is 11.2. The van der Waals surface area contributed by atoms with E-state index in [1.54, 1.807) is 55.5 Å². The van der Waals surface area contributed by atoms with Gasteiger partial charge in [0.25, 0.3) is 16.0 Å². The maximum absolute atomic E-state index is 13.2. The molecule has 4 aromatic rings. The number of phenolic OH excluding ortho intramolecular Hbond substituents is 1. The third kappa shape index (κ3) is 5.47.